The van der Waals surface area contributed by atoms with Crippen molar-refractivity contribution in [3.63, 3.8) is 0 Å². The van der Waals surface area contributed by atoms with Crippen LogP contribution >= 0.6 is 0 Å². The van der Waals surface area contributed by atoms with Crippen molar-refractivity contribution in [2.75, 3.05) is 6.61 Å². The molecule has 0 bridgehead atoms. The zero-order valence-corrected chi connectivity index (χ0v) is 15.0. The highest BCUT2D eigenvalue weighted by molar-refractivity contribution is 5.67. The Bertz CT molecular complexity index is 667. The Kier molecular flexibility index (Phi) is 6.28. The van der Waals surface area contributed by atoms with E-state index in [0.717, 1.165) is 19.3 Å². The van der Waals surface area contributed by atoms with E-state index in [-0.39, 0.29) is 25.2 Å². The predicted octanol–water partition coefficient (Wildman–Crippen LogP) is 5.42. The number of hydrogen-bond acceptors (Lipinski definition) is 2. The van der Waals surface area contributed by atoms with Crippen LogP contribution in [-0.4, -0.2) is 17.7 Å². The van der Waals surface area contributed by atoms with Crippen LogP contribution in [0.3, 0.4) is 0 Å². The molecule has 0 unspecified atom stereocenters. The minimum absolute atomic E-state index is 0.0977. The van der Waals surface area contributed by atoms with Gasteiger partial charge in [-0.3, -0.25) is 4.79 Å². The number of carboxylic acids is 1. The number of aryl methyl sites for hydroxylation is 1. The Hall–Kier alpha value is -1.91. The number of aliphatic carboxylic acids is 1. The molecule has 0 aromatic heterocycles. The fourth-order valence-corrected chi connectivity index (χ4v) is 4.24. The normalized spacial score (nSPS) is 18.4. The Morgan fingerprint density at radius 2 is 1.77 bits per heavy atom. The minimum Gasteiger partial charge on any atom is -0.483 e. The summed E-state index contributed by atoms with van der Waals surface area (Å²) in [5.41, 5.74) is 3.01. The zero-order valence-electron chi connectivity index (χ0n) is 15.0. The first-order valence-electron chi connectivity index (χ1n) is 9.58. The maximum atomic E-state index is 14.2. The van der Waals surface area contributed by atoms with E-state index in [1.165, 1.54) is 55.4 Å². The molecule has 0 radical (unpaired) electrons. The van der Waals surface area contributed by atoms with Gasteiger partial charge in [0.1, 0.15) is 6.61 Å². The molecular formula is C21H26F2O3. The van der Waals surface area contributed by atoms with Gasteiger partial charge in [-0.05, 0) is 67.7 Å². The van der Waals surface area contributed by atoms with Gasteiger partial charge in [0.05, 0.1) is 0 Å². The van der Waals surface area contributed by atoms with E-state index in [0.29, 0.717) is 11.5 Å². The highest BCUT2D eigenvalue weighted by Crippen LogP contribution is 2.39. The Morgan fingerprint density at radius 1 is 1.08 bits per heavy atom. The third-order valence-electron chi connectivity index (χ3n) is 5.55. The molecule has 0 aliphatic heterocycles. The second-order valence-electron chi connectivity index (χ2n) is 7.39. The van der Waals surface area contributed by atoms with Crippen molar-refractivity contribution >= 4 is 5.97 Å². The number of ether oxygens (including phenoxy) is 1. The Balaban J connectivity index is 1.67. The molecule has 3 nitrogen and oxygen atoms in total. The summed E-state index contributed by atoms with van der Waals surface area (Å²) in [6.45, 7) is 0.244. The van der Waals surface area contributed by atoms with Crippen LogP contribution in [0.2, 0.25) is 0 Å². The lowest BCUT2D eigenvalue weighted by Crippen LogP contribution is -2.12. The molecule has 3 rings (SSSR count). The minimum atomic E-state index is -0.991. The number of hydrogen-bond donors (Lipinski definition) is 1. The molecule has 2 aliphatic rings. The lowest BCUT2D eigenvalue weighted by molar-refractivity contribution is -0.136. The number of carboxylic acid groups (broad SMARTS) is 1. The van der Waals surface area contributed by atoms with Crippen LogP contribution in [0.5, 0.6) is 5.75 Å². The van der Waals surface area contributed by atoms with E-state index in [9.17, 15) is 13.6 Å². The SMILES string of the molecule is O=C(O)CCc1cc(F)c(OCC2=C(C3CCCCC3)CCC2)c(F)c1. The summed E-state index contributed by atoms with van der Waals surface area (Å²) in [6.07, 6.45) is 9.36. The molecule has 1 saturated carbocycles. The summed E-state index contributed by atoms with van der Waals surface area (Å²) in [5, 5.41) is 8.69. The molecule has 2 aliphatic carbocycles. The molecule has 0 heterocycles. The van der Waals surface area contributed by atoms with Crippen molar-refractivity contribution in [1.82, 2.24) is 0 Å². The summed E-state index contributed by atoms with van der Waals surface area (Å²) in [7, 11) is 0. The van der Waals surface area contributed by atoms with E-state index in [4.69, 9.17) is 9.84 Å². The Labute approximate surface area is 153 Å². The predicted molar refractivity (Wildman–Crippen MR) is 95.3 cm³/mol. The van der Waals surface area contributed by atoms with Gasteiger partial charge in [-0.15, -0.1) is 0 Å². The molecule has 0 atom stereocenters. The lowest BCUT2D eigenvalue weighted by Gasteiger charge is -2.24. The van der Waals surface area contributed by atoms with Crippen molar-refractivity contribution in [3.05, 3.63) is 40.5 Å². The van der Waals surface area contributed by atoms with E-state index in [1.807, 2.05) is 0 Å². The average Bonchev–Trinajstić information content (AvgIpc) is 3.08. The van der Waals surface area contributed by atoms with Crippen LogP contribution in [0.25, 0.3) is 0 Å². The van der Waals surface area contributed by atoms with Crippen molar-refractivity contribution in [1.29, 1.82) is 0 Å². The molecule has 1 aromatic carbocycles. The summed E-state index contributed by atoms with van der Waals surface area (Å²) >= 11 is 0. The van der Waals surface area contributed by atoms with Gasteiger partial charge >= 0.3 is 5.97 Å². The molecule has 5 heteroatoms. The van der Waals surface area contributed by atoms with Gasteiger partial charge < -0.3 is 9.84 Å². The van der Waals surface area contributed by atoms with Gasteiger partial charge in [-0.2, -0.15) is 0 Å². The number of rotatable bonds is 7. The van der Waals surface area contributed by atoms with Crippen LogP contribution in [-0.2, 0) is 11.2 Å². The number of benzene rings is 1. The second-order valence-corrected chi connectivity index (χ2v) is 7.39. The summed E-state index contributed by atoms with van der Waals surface area (Å²) in [4.78, 5) is 10.6. The third-order valence-corrected chi connectivity index (χ3v) is 5.55. The first-order valence-corrected chi connectivity index (χ1v) is 9.58. The maximum Gasteiger partial charge on any atom is 0.303 e. The summed E-state index contributed by atoms with van der Waals surface area (Å²) < 4.78 is 34.0. The summed E-state index contributed by atoms with van der Waals surface area (Å²) in [6, 6.07) is 2.35. The van der Waals surface area contributed by atoms with Crippen molar-refractivity contribution in [3.8, 4) is 5.75 Å². The van der Waals surface area contributed by atoms with Gasteiger partial charge in [-0.1, -0.05) is 24.8 Å². The molecule has 0 amide bonds. The maximum absolute atomic E-state index is 14.2. The second kappa shape index (κ2) is 8.65. The van der Waals surface area contributed by atoms with Crippen LogP contribution < -0.4 is 4.74 Å². The molecule has 1 fully saturated rings. The monoisotopic (exact) mass is 364 g/mol. The first kappa shape index (κ1) is 18.9. The molecule has 1 aromatic rings. The highest BCUT2D eigenvalue weighted by atomic mass is 19.1. The Morgan fingerprint density at radius 3 is 2.42 bits per heavy atom. The number of allylic oxidation sites excluding steroid dienone is 1. The van der Waals surface area contributed by atoms with E-state index < -0.39 is 17.6 Å². The van der Waals surface area contributed by atoms with Gasteiger partial charge in [-0.25, -0.2) is 8.78 Å². The molecule has 0 saturated heterocycles. The molecule has 1 N–H and O–H groups in total. The smallest absolute Gasteiger partial charge is 0.303 e. The molecular weight excluding hydrogens is 338 g/mol. The van der Waals surface area contributed by atoms with Gasteiger partial charge in [0.25, 0.3) is 0 Å². The lowest BCUT2D eigenvalue weighted by atomic mass is 9.82. The topological polar surface area (TPSA) is 46.5 Å². The van der Waals surface area contributed by atoms with Crippen molar-refractivity contribution in [2.45, 2.75) is 64.2 Å². The van der Waals surface area contributed by atoms with Crippen LogP contribution in [0.1, 0.15) is 63.4 Å². The molecule has 26 heavy (non-hydrogen) atoms. The highest BCUT2D eigenvalue weighted by Gasteiger charge is 2.25. The van der Waals surface area contributed by atoms with Crippen LogP contribution in [0, 0.1) is 17.6 Å². The fraction of sp³-hybridized carbons (Fsp3) is 0.571. The van der Waals surface area contributed by atoms with Gasteiger partial charge in [0.2, 0.25) is 0 Å². The number of carbonyl (C=O) groups is 1. The van der Waals surface area contributed by atoms with Crippen molar-refractivity contribution in [2.24, 2.45) is 5.92 Å². The molecule has 142 valence electrons. The van der Waals surface area contributed by atoms with Gasteiger partial charge in [0, 0.05) is 6.42 Å². The fourth-order valence-electron chi connectivity index (χ4n) is 4.24. The van der Waals surface area contributed by atoms with E-state index >= 15 is 0 Å². The summed E-state index contributed by atoms with van der Waals surface area (Å²) in [5.74, 6) is -2.25. The first-order chi connectivity index (χ1) is 12.5. The quantitative estimate of drug-likeness (QED) is 0.657. The van der Waals surface area contributed by atoms with E-state index in [2.05, 4.69) is 0 Å². The van der Waals surface area contributed by atoms with Crippen molar-refractivity contribution < 1.29 is 23.4 Å². The molecule has 0 spiro atoms. The number of halogens is 2. The van der Waals surface area contributed by atoms with E-state index in [1.54, 1.807) is 0 Å². The standard InChI is InChI=1S/C21H26F2O3/c22-18-11-14(9-10-20(24)25)12-19(23)21(18)26-13-16-7-4-8-17(16)15-5-2-1-3-6-15/h11-12,15H,1-10,13H2,(H,24,25). The largest absolute Gasteiger partial charge is 0.483 e. The van der Waals surface area contributed by atoms with Crippen LogP contribution in [0.4, 0.5) is 8.78 Å². The third kappa shape index (κ3) is 4.63. The van der Waals surface area contributed by atoms with Crippen LogP contribution in [0.15, 0.2) is 23.3 Å². The average molecular weight is 364 g/mol. The zero-order chi connectivity index (χ0) is 18.5. The van der Waals surface area contributed by atoms with Gasteiger partial charge in [0.15, 0.2) is 17.4 Å².